The van der Waals surface area contributed by atoms with Gasteiger partial charge >= 0.3 is 5.97 Å². The Morgan fingerprint density at radius 3 is 2.42 bits per heavy atom. The normalized spacial score (nSPS) is 12.7. The van der Waals surface area contributed by atoms with Gasteiger partial charge in [-0.15, -0.1) is 0 Å². The number of rotatable bonds is 12. The molecular weight excluding hydrogens is 238 g/mol. The Kier molecular flexibility index (Phi) is 12.1. The molecule has 0 aliphatic heterocycles. The first-order valence-corrected chi connectivity index (χ1v) is 7.95. The average molecular weight is 271 g/mol. The Bertz CT molecular complexity index is 217. The second-order valence-electron chi connectivity index (χ2n) is 5.80. The Hall–Kier alpha value is -0.570. The molecule has 0 aliphatic carbocycles. The minimum atomic E-state index is -0.0579. The highest BCUT2D eigenvalue weighted by Crippen LogP contribution is 2.08. The first-order chi connectivity index (χ1) is 9.06. The molecule has 0 aliphatic rings. The van der Waals surface area contributed by atoms with Crippen molar-refractivity contribution in [2.45, 2.75) is 78.7 Å². The van der Waals surface area contributed by atoms with Gasteiger partial charge in [0, 0.05) is 12.5 Å². The molecule has 0 radical (unpaired) electrons. The molecular formula is C16H33NO2. The maximum Gasteiger partial charge on any atom is 0.305 e. The molecule has 0 aromatic rings. The first-order valence-electron chi connectivity index (χ1n) is 7.95. The Labute approximate surface area is 119 Å². The largest absolute Gasteiger partial charge is 0.466 e. The monoisotopic (exact) mass is 271 g/mol. The number of carbonyl (C=O) groups excluding carboxylic acids is 1. The second-order valence-corrected chi connectivity index (χ2v) is 5.80. The zero-order valence-corrected chi connectivity index (χ0v) is 13.3. The van der Waals surface area contributed by atoms with Gasteiger partial charge in [-0.2, -0.15) is 0 Å². The minimum absolute atomic E-state index is 0.0579. The van der Waals surface area contributed by atoms with E-state index in [1.54, 1.807) is 0 Å². The van der Waals surface area contributed by atoms with Crippen LogP contribution in [0.4, 0.5) is 0 Å². The van der Waals surface area contributed by atoms with Crippen LogP contribution in [0.25, 0.3) is 0 Å². The van der Waals surface area contributed by atoms with Gasteiger partial charge in [-0.05, 0) is 45.6 Å². The summed E-state index contributed by atoms with van der Waals surface area (Å²) >= 11 is 0. The smallest absolute Gasteiger partial charge is 0.305 e. The number of ether oxygens (including phenoxy) is 1. The number of esters is 1. The van der Waals surface area contributed by atoms with Crippen molar-refractivity contribution < 1.29 is 9.53 Å². The van der Waals surface area contributed by atoms with Crippen LogP contribution in [0.3, 0.4) is 0 Å². The molecule has 1 unspecified atom stereocenters. The zero-order chi connectivity index (χ0) is 14.5. The number of carbonyl (C=O) groups is 1. The molecule has 1 atom stereocenters. The molecule has 3 heteroatoms. The number of hydrogen-bond donors (Lipinski definition) is 1. The highest BCUT2D eigenvalue weighted by molar-refractivity contribution is 5.69. The van der Waals surface area contributed by atoms with E-state index in [1.165, 1.54) is 19.3 Å². The maximum atomic E-state index is 11.1. The van der Waals surface area contributed by atoms with Crippen molar-refractivity contribution in [2.24, 2.45) is 5.92 Å². The van der Waals surface area contributed by atoms with Crippen LogP contribution >= 0.6 is 0 Å². The predicted octanol–water partition coefficient (Wildman–Crippen LogP) is 3.91. The van der Waals surface area contributed by atoms with Crippen molar-refractivity contribution in [1.29, 1.82) is 0 Å². The van der Waals surface area contributed by atoms with Crippen LogP contribution in [-0.2, 0) is 9.53 Å². The molecule has 0 fully saturated rings. The molecule has 0 saturated carbocycles. The van der Waals surface area contributed by atoms with E-state index in [-0.39, 0.29) is 5.97 Å². The van der Waals surface area contributed by atoms with Crippen LogP contribution in [0.2, 0.25) is 0 Å². The predicted molar refractivity (Wildman–Crippen MR) is 81.3 cm³/mol. The molecule has 0 amide bonds. The summed E-state index contributed by atoms with van der Waals surface area (Å²) in [5.41, 5.74) is 0. The van der Waals surface area contributed by atoms with Gasteiger partial charge in [-0.1, -0.05) is 33.1 Å². The Morgan fingerprint density at radius 2 is 1.79 bits per heavy atom. The van der Waals surface area contributed by atoms with Crippen molar-refractivity contribution in [3.63, 3.8) is 0 Å². The summed E-state index contributed by atoms with van der Waals surface area (Å²) in [6.07, 6.45) is 7.67. The average Bonchev–Trinajstić information content (AvgIpc) is 2.33. The molecule has 114 valence electrons. The van der Waals surface area contributed by atoms with Crippen LogP contribution < -0.4 is 5.32 Å². The lowest BCUT2D eigenvalue weighted by atomic mass is 10.0. The van der Waals surface area contributed by atoms with Crippen LogP contribution in [0.1, 0.15) is 72.6 Å². The standard InChI is InChI=1S/C16H33NO2/c1-5-19-16(18)12-7-6-8-13-17-15(4)11-9-10-14(2)3/h14-15,17H,5-13H2,1-4H3. The van der Waals surface area contributed by atoms with Crippen molar-refractivity contribution in [3.8, 4) is 0 Å². The minimum Gasteiger partial charge on any atom is -0.466 e. The zero-order valence-electron chi connectivity index (χ0n) is 13.3. The molecule has 0 spiro atoms. The summed E-state index contributed by atoms with van der Waals surface area (Å²) in [7, 11) is 0. The van der Waals surface area contributed by atoms with Gasteiger partial charge in [-0.3, -0.25) is 4.79 Å². The lowest BCUT2D eigenvalue weighted by Gasteiger charge is -2.14. The van der Waals surface area contributed by atoms with Gasteiger partial charge < -0.3 is 10.1 Å². The van der Waals surface area contributed by atoms with Gasteiger partial charge in [-0.25, -0.2) is 0 Å². The fourth-order valence-electron chi connectivity index (χ4n) is 2.09. The lowest BCUT2D eigenvalue weighted by Crippen LogP contribution is -2.27. The topological polar surface area (TPSA) is 38.3 Å². The highest BCUT2D eigenvalue weighted by Gasteiger charge is 2.03. The van der Waals surface area contributed by atoms with Crippen molar-refractivity contribution in [2.75, 3.05) is 13.2 Å². The molecule has 1 N–H and O–H groups in total. The Morgan fingerprint density at radius 1 is 1.05 bits per heavy atom. The third-order valence-electron chi connectivity index (χ3n) is 3.27. The van der Waals surface area contributed by atoms with Crippen LogP contribution in [0.5, 0.6) is 0 Å². The quantitative estimate of drug-likeness (QED) is 0.432. The summed E-state index contributed by atoms with van der Waals surface area (Å²) < 4.78 is 4.90. The van der Waals surface area contributed by atoms with E-state index in [1.807, 2.05) is 6.92 Å². The molecule has 0 aromatic carbocycles. The third-order valence-corrected chi connectivity index (χ3v) is 3.27. The van der Waals surface area contributed by atoms with E-state index >= 15 is 0 Å². The summed E-state index contributed by atoms with van der Waals surface area (Å²) in [5.74, 6) is 0.757. The van der Waals surface area contributed by atoms with Crippen LogP contribution in [0, 0.1) is 5.92 Å². The van der Waals surface area contributed by atoms with E-state index < -0.39 is 0 Å². The van der Waals surface area contributed by atoms with Crippen LogP contribution in [0.15, 0.2) is 0 Å². The molecule has 0 aromatic heterocycles. The summed E-state index contributed by atoms with van der Waals surface area (Å²) in [6, 6.07) is 0.615. The maximum absolute atomic E-state index is 11.1. The molecule has 0 heterocycles. The third kappa shape index (κ3) is 13.7. The van der Waals surface area contributed by atoms with E-state index in [0.717, 1.165) is 31.7 Å². The highest BCUT2D eigenvalue weighted by atomic mass is 16.5. The molecule has 0 bridgehead atoms. The van der Waals surface area contributed by atoms with Crippen molar-refractivity contribution >= 4 is 5.97 Å². The molecule has 19 heavy (non-hydrogen) atoms. The van der Waals surface area contributed by atoms with E-state index in [4.69, 9.17) is 4.74 Å². The SMILES string of the molecule is CCOC(=O)CCCCCNC(C)CCCC(C)C. The first kappa shape index (κ1) is 18.4. The molecule has 0 saturated heterocycles. The van der Waals surface area contributed by atoms with Crippen LogP contribution in [-0.4, -0.2) is 25.2 Å². The Balaban J connectivity index is 3.27. The van der Waals surface area contributed by atoms with E-state index in [9.17, 15) is 4.79 Å². The van der Waals surface area contributed by atoms with Crippen molar-refractivity contribution in [1.82, 2.24) is 5.32 Å². The number of unbranched alkanes of at least 4 members (excludes halogenated alkanes) is 2. The second kappa shape index (κ2) is 12.5. The van der Waals surface area contributed by atoms with E-state index in [0.29, 0.717) is 19.1 Å². The van der Waals surface area contributed by atoms with Gasteiger partial charge in [0.25, 0.3) is 0 Å². The van der Waals surface area contributed by atoms with Gasteiger partial charge in [0.2, 0.25) is 0 Å². The lowest BCUT2D eigenvalue weighted by molar-refractivity contribution is -0.143. The molecule has 0 rings (SSSR count). The summed E-state index contributed by atoms with van der Waals surface area (Å²) in [6.45, 7) is 10.2. The summed E-state index contributed by atoms with van der Waals surface area (Å²) in [5, 5.41) is 3.55. The van der Waals surface area contributed by atoms with Gasteiger partial charge in [0.15, 0.2) is 0 Å². The number of hydrogen-bond acceptors (Lipinski definition) is 3. The fourth-order valence-corrected chi connectivity index (χ4v) is 2.09. The van der Waals surface area contributed by atoms with E-state index in [2.05, 4.69) is 26.1 Å². The van der Waals surface area contributed by atoms with Crippen molar-refractivity contribution in [3.05, 3.63) is 0 Å². The van der Waals surface area contributed by atoms with Gasteiger partial charge in [0.1, 0.15) is 0 Å². The van der Waals surface area contributed by atoms with Gasteiger partial charge in [0.05, 0.1) is 6.61 Å². The number of nitrogens with one attached hydrogen (secondary N) is 1. The summed E-state index contributed by atoms with van der Waals surface area (Å²) in [4.78, 5) is 11.1. The molecule has 3 nitrogen and oxygen atoms in total. The fraction of sp³-hybridized carbons (Fsp3) is 0.938.